The molecular formula is C27H45NO5. The van der Waals surface area contributed by atoms with Crippen LogP contribution in [0.5, 0.6) is 0 Å². The second-order valence-corrected chi connectivity index (χ2v) is 8.76. The summed E-state index contributed by atoms with van der Waals surface area (Å²) in [4.78, 5) is 28.9. The van der Waals surface area contributed by atoms with Crippen LogP contribution in [0.4, 0.5) is 0 Å². The molecule has 0 amide bonds. The molecule has 0 aliphatic heterocycles. The van der Waals surface area contributed by atoms with Gasteiger partial charge in [-0.1, -0.05) is 84.1 Å². The first-order valence-corrected chi connectivity index (χ1v) is 12.9. The lowest BCUT2D eigenvalue weighted by Gasteiger charge is -2.16. The Morgan fingerprint density at radius 1 is 0.758 bits per heavy atom. The fraction of sp³-hybridized carbons (Fsp3) is 0.741. The van der Waals surface area contributed by atoms with Crippen molar-refractivity contribution in [2.24, 2.45) is 5.92 Å². The zero-order chi connectivity index (χ0) is 24.2. The summed E-state index contributed by atoms with van der Waals surface area (Å²) < 4.78 is 16.0. The third-order valence-electron chi connectivity index (χ3n) is 5.79. The van der Waals surface area contributed by atoms with E-state index in [9.17, 15) is 9.59 Å². The molecule has 6 nitrogen and oxygen atoms in total. The first-order chi connectivity index (χ1) is 16.1. The maximum atomic E-state index is 12.4. The van der Waals surface area contributed by atoms with Gasteiger partial charge < -0.3 is 14.2 Å². The predicted molar refractivity (Wildman–Crippen MR) is 132 cm³/mol. The number of ether oxygens (including phenoxy) is 3. The second kappa shape index (κ2) is 19.5. The number of pyridine rings is 1. The maximum Gasteiger partial charge on any atom is 0.356 e. The molecule has 1 unspecified atom stereocenters. The van der Waals surface area contributed by atoms with Crippen LogP contribution >= 0.6 is 0 Å². The first kappa shape index (κ1) is 29.1. The summed E-state index contributed by atoms with van der Waals surface area (Å²) in [5.41, 5.74) is 0.274. The number of carbonyl (C=O) groups is 2. The molecule has 33 heavy (non-hydrogen) atoms. The monoisotopic (exact) mass is 463 g/mol. The van der Waals surface area contributed by atoms with Crippen LogP contribution < -0.4 is 0 Å². The Morgan fingerprint density at radius 2 is 1.33 bits per heavy atom. The van der Waals surface area contributed by atoms with Crippen LogP contribution in [0.1, 0.15) is 118 Å². The predicted octanol–water partition coefficient (Wildman–Crippen LogP) is 6.77. The van der Waals surface area contributed by atoms with E-state index >= 15 is 0 Å². The molecule has 0 bridgehead atoms. The Hall–Kier alpha value is -1.95. The average Bonchev–Trinajstić information content (AvgIpc) is 2.84. The van der Waals surface area contributed by atoms with E-state index < -0.39 is 11.9 Å². The molecule has 1 aromatic rings. The molecule has 0 saturated carbocycles. The Balaban J connectivity index is 2.35. The molecule has 0 N–H and O–H groups in total. The highest BCUT2D eigenvalue weighted by atomic mass is 16.5. The molecule has 0 fully saturated rings. The largest absolute Gasteiger partial charge is 0.461 e. The smallest absolute Gasteiger partial charge is 0.356 e. The van der Waals surface area contributed by atoms with Crippen LogP contribution in [0, 0.1) is 5.92 Å². The molecule has 0 aliphatic carbocycles. The van der Waals surface area contributed by atoms with E-state index in [2.05, 4.69) is 18.8 Å². The summed E-state index contributed by atoms with van der Waals surface area (Å²) in [5, 5.41) is 0. The topological polar surface area (TPSA) is 74.7 Å². The van der Waals surface area contributed by atoms with Gasteiger partial charge in [-0.05, 0) is 37.3 Å². The van der Waals surface area contributed by atoms with Gasteiger partial charge in [0.25, 0.3) is 0 Å². The summed E-state index contributed by atoms with van der Waals surface area (Å²) in [5.74, 6) is -0.744. The van der Waals surface area contributed by atoms with Gasteiger partial charge >= 0.3 is 11.9 Å². The van der Waals surface area contributed by atoms with Gasteiger partial charge in [0, 0.05) is 13.7 Å². The van der Waals surface area contributed by atoms with Crippen molar-refractivity contribution in [2.45, 2.75) is 97.3 Å². The molecule has 1 rings (SSSR count). The summed E-state index contributed by atoms with van der Waals surface area (Å²) >= 11 is 0. The van der Waals surface area contributed by atoms with Gasteiger partial charge in [-0.2, -0.15) is 0 Å². The molecule has 1 atom stereocenters. The highest BCUT2D eigenvalue weighted by molar-refractivity contribution is 5.91. The highest BCUT2D eigenvalue weighted by Crippen LogP contribution is 2.15. The third kappa shape index (κ3) is 14.0. The number of carbonyl (C=O) groups excluding carboxylic acids is 2. The van der Waals surface area contributed by atoms with Crippen LogP contribution in [0.25, 0.3) is 0 Å². The number of hydrogen-bond acceptors (Lipinski definition) is 6. The summed E-state index contributed by atoms with van der Waals surface area (Å²) in [6, 6.07) is 4.77. The number of methoxy groups -OCH3 is 1. The average molecular weight is 464 g/mol. The van der Waals surface area contributed by atoms with Gasteiger partial charge in [-0.3, -0.25) is 0 Å². The number of nitrogens with zero attached hydrogens (tertiary/aromatic N) is 1. The quantitative estimate of drug-likeness (QED) is 0.157. The van der Waals surface area contributed by atoms with Crippen LogP contribution in [-0.2, 0) is 14.2 Å². The van der Waals surface area contributed by atoms with E-state index in [1.54, 1.807) is 25.3 Å². The Labute approximate surface area is 200 Å². The van der Waals surface area contributed by atoms with E-state index in [4.69, 9.17) is 14.2 Å². The molecule has 0 radical (unpaired) electrons. The highest BCUT2D eigenvalue weighted by Gasteiger charge is 2.17. The van der Waals surface area contributed by atoms with E-state index in [0.717, 1.165) is 38.5 Å². The Bertz CT molecular complexity index is 641. The second-order valence-electron chi connectivity index (χ2n) is 8.76. The van der Waals surface area contributed by atoms with Crippen molar-refractivity contribution in [3.63, 3.8) is 0 Å². The maximum absolute atomic E-state index is 12.4. The van der Waals surface area contributed by atoms with E-state index in [1.165, 1.54) is 44.9 Å². The fourth-order valence-corrected chi connectivity index (χ4v) is 3.67. The normalized spacial score (nSPS) is 11.8. The Kier molecular flexibility index (Phi) is 17.2. The standard InChI is InChI=1S/C27H45NO5/c1-4-6-8-9-10-11-12-13-14-20-32-26(29)24-17-15-18-25(28-24)27(30)33-22-23(16-7-5-2)19-21-31-3/h15,17-18,23H,4-14,16,19-22H2,1-3H3. The van der Waals surface area contributed by atoms with Crippen LogP contribution in [0.3, 0.4) is 0 Å². The van der Waals surface area contributed by atoms with Crippen molar-refractivity contribution < 1.29 is 23.8 Å². The minimum Gasteiger partial charge on any atom is -0.461 e. The van der Waals surface area contributed by atoms with E-state index in [1.807, 2.05) is 0 Å². The van der Waals surface area contributed by atoms with Gasteiger partial charge in [-0.15, -0.1) is 0 Å². The summed E-state index contributed by atoms with van der Waals surface area (Å²) in [7, 11) is 1.67. The molecule has 0 aromatic carbocycles. The van der Waals surface area contributed by atoms with E-state index in [0.29, 0.717) is 19.8 Å². The van der Waals surface area contributed by atoms with Crippen molar-refractivity contribution >= 4 is 11.9 Å². The van der Waals surface area contributed by atoms with Gasteiger partial charge in [0.05, 0.1) is 13.2 Å². The lowest BCUT2D eigenvalue weighted by Crippen LogP contribution is -2.18. The Morgan fingerprint density at radius 3 is 1.94 bits per heavy atom. The van der Waals surface area contributed by atoms with Crippen LogP contribution in [0.2, 0.25) is 0 Å². The number of rotatable bonds is 20. The van der Waals surface area contributed by atoms with Gasteiger partial charge in [0.1, 0.15) is 11.4 Å². The van der Waals surface area contributed by atoms with Crippen LogP contribution in [0.15, 0.2) is 18.2 Å². The van der Waals surface area contributed by atoms with Crippen molar-refractivity contribution in [1.82, 2.24) is 4.98 Å². The van der Waals surface area contributed by atoms with Crippen molar-refractivity contribution in [3.8, 4) is 0 Å². The lowest BCUT2D eigenvalue weighted by atomic mass is 10.00. The minimum atomic E-state index is -0.512. The third-order valence-corrected chi connectivity index (χ3v) is 5.79. The molecule has 0 aliphatic rings. The summed E-state index contributed by atoms with van der Waals surface area (Å²) in [6.07, 6.45) is 14.9. The van der Waals surface area contributed by atoms with Crippen molar-refractivity contribution in [2.75, 3.05) is 26.9 Å². The first-order valence-electron chi connectivity index (χ1n) is 12.9. The molecule has 1 aromatic heterocycles. The van der Waals surface area contributed by atoms with Crippen molar-refractivity contribution in [1.29, 1.82) is 0 Å². The molecule has 1 heterocycles. The van der Waals surface area contributed by atoms with Gasteiger partial charge in [0.2, 0.25) is 0 Å². The van der Waals surface area contributed by atoms with E-state index in [-0.39, 0.29) is 17.3 Å². The van der Waals surface area contributed by atoms with Gasteiger partial charge in [0.15, 0.2) is 0 Å². The molecule has 188 valence electrons. The van der Waals surface area contributed by atoms with Gasteiger partial charge in [-0.25, -0.2) is 14.6 Å². The molecule has 0 spiro atoms. The number of aromatic nitrogens is 1. The summed E-state index contributed by atoms with van der Waals surface area (Å²) in [6.45, 7) is 5.72. The lowest BCUT2D eigenvalue weighted by molar-refractivity contribution is 0.0392. The fourth-order valence-electron chi connectivity index (χ4n) is 3.67. The molecule has 6 heteroatoms. The minimum absolute atomic E-state index is 0.133. The zero-order valence-corrected chi connectivity index (χ0v) is 21.1. The number of esters is 2. The molecule has 0 saturated heterocycles. The molecular weight excluding hydrogens is 418 g/mol. The number of hydrogen-bond donors (Lipinski definition) is 0. The van der Waals surface area contributed by atoms with Crippen molar-refractivity contribution in [3.05, 3.63) is 29.6 Å². The SMILES string of the molecule is CCCCCCCCCCCOC(=O)c1cccc(C(=O)OCC(CCCC)CCOC)n1. The van der Waals surface area contributed by atoms with Crippen LogP contribution in [-0.4, -0.2) is 43.9 Å². The zero-order valence-electron chi connectivity index (χ0n) is 21.1. The number of unbranched alkanes of at least 4 members (excludes halogenated alkanes) is 9.